The van der Waals surface area contributed by atoms with Crippen molar-refractivity contribution in [2.24, 2.45) is 0 Å². The number of urea groups is 1. The molecule has 2 amide bonds. The van der Waals surface area contributed by atoms with Crippen molar-refractivity contribution < 1.29 is 19.1 Å². The molecule has 2 unspecified atom stereocenters. The van der Waals surface area contributed by atoms with Crippen molar-refractivity contribution >= 4 is 28.5 Å². The Labute approximate surface area is 144 Å². The van der Waals surface area contributed by atoms with E-state index in [0.29, 0.717) is 24.7 Å². The minimum Gasteiger partial charge on any atom is -0.437 e. The molecular weight excluding hydrogens is 332 g/mol. The normalized spacial score (nSPS) is 24.8. The lowest BCUT2D eigenvalue weighted by molar-refractivity contribution is -0.158. The van der Waals surface area contributed by atoms with Crippen LogP contribution in [0.3, 0.4) is 0 Å². The van der Waals surface area contributed by atoms with Gasteiger partial charge in [0.25, 0.3) is 0 Å². The molecule has 0 aromatic carbocycles. The van der Waals surface area contributed by atoms with Gasteiger partial charge in [-0.2, -0.15) is 0 Å². The summed E-state index contributed by atoms with van der Waals surface area (Å²) in [6.45, 7) is 6.96. The van der Waals surface area contributed by atoms with Gasteiger partial charge in [-0.1, -0.05) is 32.1 Å². The highest BCUT2D eigenvalue weighted by atomic mass is 32.1. The van der Waals surface area contributed by atoms with Crippen LogP contribution in [0.25, 0.3) is 0 Å². The van der Waals surface area contributed by atoms with E-state index in [0.717, 1.165) is 11.4 Å². The van der Waals surface area contributed by atoms with Gasteiger partial charge in [0.05, 0.1) is 6.54 Å². The molecular formula is C15H22N4O4S. The van der Waals surface area contributed by atoms with Gasteiger partial charge in [-0.05, 0) is 12.8 Å². The van der Waals surface area contributed by atoms with Gasteiger partial charge in [-0.15, -0.1) is 10.2 Å². The van der Waals surface area contributed by atoms with E-state index in [2.05, 4.69) is 10.2 Å². The molecule has 2 fully saturated rings. The van der Waals surface area contributed by atoms with Crippen molar-refractivity contribution in [1.29, 1.82) is 0 Å². The number of rotatable bonds is 3. The minimum atomic E-state index is -0.708. The topological polar surface area (TPSA) is 84.9 Å². The fraction of sp³-hybridized carbons (Fsp3) is 0.733. The first-order valence-electron chi connectivity index (χ1n) is 7.98. The van der Waals surface area contributed by atoms with Crippen LogP contribution < -0.4 is 4.90 Å². The van der Waals surface area contributed by atoms with Crippen molar-refractivity contribution in [1.82, 2.24) is 15.1 Å². The van der Waals surface area contributed by atoms with E-state index in [1.165, 1.54) is 21.1 Å². The van der Waals surface area contributed by atoms with Gasteiger partial charge >= 0.3 is 12.0 Å². The Bertz CT molecular complexity index is 636. The molecule has 3 heterocycles. The molecule has 2 saturated heterocycles. The molecule has 2 aliphatic heterocycles. The SMILES string of the molecule is CN1CC(OC(=O)C2CCCO2)N(c2nnc(C(C)(C)C)s2)C1=O. The Hall–Kier alpha value is -1.74. The molecule has 3 rings (SSSR count). The van der Waals surface area contributed by atoms with Crippen molar-refractivity contribution in [3.8, 4) is 0 Å². The van der Waals surface area contributed by atoms with Crippen LogP contribution in [0.4, 0.5) is 9.93 Å². The molecule has 132 valence electrons. The number of hydrogen-bond donors (Lipinski definition) is 0. The van der Waals surface area contributed by atoms with Crippen LogP contribution in [-0.2, 0) is 19.7 Å². The zero-order chi connectivity index (χ0) is 17.5. The third-order valence-corrected chi connectivity index (χ3v) is 5.31. The first-order valence-corrected chi connectivity index (χ1v) is 8.79. The van der Waals surface area contributed by atoms with E-state index in [1.54, 1.807) is 7.05 Å². The maximum absolute atomic E-state index is 12.4. The zero-order valence-electron chi connectivity index (χ0n) is 14.3. The number of hydrogen-bond acceptors (Lipinski definition) is 7. The molecule has 0 spiro atoms. The fourth-order valence-electron chi connectivity index (χ4n) is 2.59. The molecule has 0 bridgehead atoms. The summed E-state index contributed by atoms with van der Waals surface area (Å²) in [7, 11) is 1.67. The van der Waals surface area contributed by atoms with E-state index in [-0.39, 0.29) is 11.4 Å². The number of carbonyl (C=O) groups excluding carboxylic acids is 2. The molecule has 1 aromatic rings. The monoisotopic (exact) mass is 354 g/mol. The molecule has 1 aromatic heterocycles. The van der Waals surface area contributed by atoms with Gasteiger partial charge in [0.1, 0.15) is 5.01 Å². The molecule has 0 saturated carbocycles. The molecule has 2 atom stereocenters. The predicted octanol–water partition coefficient (Wildman–Crippen LogP) is 1.76. The average molecular weight is 354 g/mol. The average Bonchev–Trinajstić information content (AvgIpc) is 3.20. The van der Waals surface area contributed by atoms with Gasteiger partial charge in [-0.25, -0.2) is 14.5 Å². The lowest BCUT2D eigenvalue weighted by atomic mass is 9.98. The second kappa shape index (κ2) is 6.29. The summed E-state index contributed by atoms with van der Waals surface area (Å²) in [5.74, 6) is -0.425. The molecule has 0 radical (unpaired) electrons. The Morgan fingerprint density at radius 3 is 2.71 bits per heavy atom. The number of carbonyl (C=O) groups is 2. The van der Waals surface area contributed by atoms with Crippen molar-refractivity contribution in [2.45, 2.75) is 51.4 Å². The summed E-state index contributed by atoms with van der Waals surface area (Å²) in [6.07, 6.45) is 0.257. The van der Waals surface area contributed by atoms with Crippen LogP contribution in [-0.4, -0.2) is 59.6 Å². The van der Waals surface area contributed by atoms with Gasteiger partial charge < -0.3 is 14.4 Å². The maximum atomic E-state index is 12.4. The number of likely N-dealkylation sites (N-methyl/N-ethyl adjacent to an activating group) is 1. The largest absolute Gasteiger partial charge is 0.437 e. The Morgan fingerprint density at radius 2 is 2.12 bits per heavy atom. The summed E-state index contributed by atoms with van der Waals surface area (Å²) in [4.78, 5) is 27.6. The number of amides is 2. The number of esters is 1. The number of aromatic nitrogens is 2. The summed E-state index contributed by atoms with van der Waals surface area (Å²) in [6, 6.07) is -0.253. The van der Waals surface area contributed by atoms with Gasteiger partial charge in [0.2, 0.25) is 11.4 Å². The molecule has 0 N–H and O–H groups in total. The molecule has 0 aliphatic carbocycles. The third kappa shape index (κ3) is 3.23. The highest BCUT2D eigenvalue weighted by Crippen LogP contribution is 2.33. The van der Waals surface area contributed by atoms with Gasteiger partial charge in [0, 0.05) is 19.1 Å². The quantitative estimate of drug-likeness (QED) is 0.769. The van der Waals surface area contributed by atoms with Crippen molar-refractivity contribution in [3.05, 3.63) is 5.01 Å². The molecule has 9 heteroatoms. The Kier molecular flexibility index (Phi) is 4.48. The first-order chi connectivity index (χ1) is 11.3. The lowest BCUT2D eigenvalue weighted by Gasteiger charge is -2.21. The molecule has 8 nitrogen and oxygen atoms in total. The van der Waals surface area contributed by atoms with E-state index in [9.17, 15) is 9.59 Å². The van der Waals surface area contributed by atoms with Crippen LogP contribution in [0.1, 0.15) is 38.6 Å². The Balaban J connectivity index is 1.79. The minimum absolute atomic E-state index is 0.158. The zero-order valence-corrected chi connectivity index (χ0v) is 15.1. The lowest BCUT2D eigenvalue weighted by Crippen LogP contribution is -2.39. The first kappa shape index (κ1) is 17.1. The van der Waals surface area contributed by atoms with Gasteiger partial charge in [0.15, 0.2) is 6.10 Å². The van der Waals surface area contributed by atoms with Crippen LogP contribution in [0, 0.1) is 0 Å². The van der Waals surface area contributed by atoms with Crippen LogP contribution in [0.5, 0.6) is 0 Å². The number of ether oxygens (including phenoxy) is 2. The maximum Gasteiger partial charge on any atom is 0.337 e. The highest BCUT2D eigenvalue weighted by Gasteiger charge is 2.42. The van der Waals surface area contributed by atoms with Crippen molar-refractivity contribution in [3.63, 3.8) is 0 Å². The second-order valence-electron chi connectivity index (χ2n) is 7.07. The predicted molar refractivity (Wildman–Crippen MR) is 88.0 cm³/mol. The number of nitrogens with zero attached hydrogens (tertiary/aromatic N) is 4. The van der Waals surface area contributed by atoms with Crippen molar-refractivity contribution in [2.75, 3.05) is 25.1 Å². The van der Waals surface area contributed by atoms with Crippen LogP contribution >= 0.6 is 11.3 Å². The van der Waals surface area contributed by atoms with E-state index >= 15 is 0 Å². The second-order valence-corrected chi connectivity index (χ2v) is 8.02. The van der Waals surface area contributed by atoms with Crippen LogP contribution in [0.2, 0.25) is 0 Å². The number of anilines is 1. The highest BCUT2D eigenvalue weighted by molar-refractivity contribution is 7.15. The summed E-state index contributed by atoms with van der Waals surface area (Å²) >= 11 is 1.34. The van der Waals surface area contributed by atoms with Crippen LogP contribution in [0.15, 0.2) is 0 Å². The molecule has 2 aliphatic rings. The fourth-order valence-corrected chi connectivity index (χ4v) is 3.52. The summed E-state index contributed by atoms with van der Waals surface area (Å²) in [5, 5.41) is 9.57. The summed E-state index contributed by atoms with van der Waals surface area (Å²) < 4.78 is 10.9. The van der Waals surface area contributed by atoms with E-state index in [4.69, 9.17) is 9.47 Å². The standard InChI is InChI=1S/C15H22N4O4S/c1-15(2,3)12-16-17-13(24-12)19-10(8-18(4)14(19)21)23-11(20)9-6-5-7-22-9/h9-10H,5-8H2,1-4H3. The van der Waals surface area contributed by atoms with E-state index < -0.39 is 18.3 Å². The molecule has 24 heavy (non-hydrogen) atoms. The van der Waals surface area contributed by atoms with E-state index in [1.807, 2.05) is 20.8 Å². The van der Waals surface area contributed by atoms with Gasteiger partial charge in [-0.3, -0.25) is 0 Å². The smallest absolute Gasteiger partial charge is 0.337 e. The Morgan fingerprint density at radius 1 is 1.38 bits per heavy atom. The third-order valence-electron chi connectivity index (χ3n) is 3.96. The summed E-state index contributed by atoms with van der Waals surface area (Å²) in [5.41, 5.74) is -0.158.